The molecule has 132 valence electrons. The van der Waals surface area contributed by atoms with Gasteiger partial charge in [-0.15, -0.1) is 0 Å². The van der Waals surface area contributed by atoms with Gasteiger partial charge in [0.25, 0.3) is 0 Å². The zero-order chi connectivity index (χ0) is 17.1. The fourth-order valence-corrected chi connectivity index (χ4v) is 4.30. The van der Waals surface area contributed by atoms with Crippen molar-refractivity contribution in [2.45, 2.75) is 50.4 Å². The lowest BCUT2D eigenvalue weighted by Crippen LogP contribution is -2.52. The minimum Gasteiger partial charge on any atom is -0.465 e. The highest BCUT2D eigenvalue weighted by Gasteiger charge is 2.44. The van der Waals surface area contributed by atoms with E-state index in [0.717, 1.165) is 45.3 Å². The van der Waals surface area contributed by atoms with Crippen LogP contribution in [0.2, 0.25) is 0 Å². The van der Waals surface area contributed by atoms with Crippen molar-refractivity contribution in [1.82, 2.24) is 14.7 Å². The summed E-state index contributed by atoms with van der Waals surface area (Å²) in [5.74, 6) is 0. The van der Waals surface area contributed by atoms with Gasteiger partial charge in [0, 0.05) is 37.8 Å². The zero-order valence-corrected chi connectivity index (χ0v) is 14.8. The van der Waals surface area contributed by atoms with Crippen molar-refractivity contribution in [3.8, 4) is 0 Å². The van der Waals surface area contributed by atoms with Crippen LogP contribution in [0.25, 0.3) is 0 Å². The fraction of sp³-hybridized carbons (Fsp3) is 0.632. The predicted molar refractivity (Wildman–Crippen MR) is 95.1 cm³/mol. The van der Waals surface area contributed by atoms with E-state index in [2.05, 4.69) is 54.2 Å². The minimum absolute atomic E-state index is 0.212. The molecule has 0 saturated carbocycles. The first-order valence-corrected chi connectivity index (χ1v) is 8.98. The molecule has 1 N–H and O–H groups in total. The summed E-state index contributed by atoms with van der Waals surface area (Å²) < 4.78 is 0. The molecule has 0 aliphatic carbocycles. The molecular formula is C19H29N3O2. The van der Waals surface area contributed by atoms with Gasteiger partial charge in [-0.05, 0) is 45.3 Å². The van der Waals surface area contributed by atoms with Crippen LogP contribution < -0.4 is 0 Å². The van der Waals surface area contributed by atoms with Crippen molar-refractivity contribution < 1.29 is 9.90 Å². The van der Waals surface area contributed by atoms with E-state index < -0.39 is 6.09 Å². The summed E-state index contributed by atoms with van der Waals surface area (Å²) in [7, 11) is 4.22. The highest BCUT2D eigenvalue weighted by molar-refractivity contribution is 5.66. The highest BCUT2D eigenvalue weighted by Crippen LogP contribution is 2.37. The summed E-state index contributed by atoms with van der Waals surface area (Å²) in [5, 5.41) is 9.46. The summed E-state index contributed by atoms with van der Waals surface area (Å²) in [6.07, 6.45) is 3.27. The van der Waals surface area contributed by atoms with Gasteiger partial charge < -0.3 is 14.9 Å². The first-order valence-electron chi connectivity index (χ1n) is 8.98. The van der Waals surface area contributed by atoms with E-state index in [1.165, 1.54) is 5.56 Å². The van der Waals surface area contributed by atoms with E-state index in [1.54, 1.807) is 4.90 Å². The molecule has 2 atom stereocenters. The Kier molecular flexibility index (Phi) is 5.41. The van der Waals surface area contributed by atoms with Gasteiger partial charge in [0.15, 0.2) is 0 Å². The molecule has 2 bridgehead atoms. The summed E-state index contributed by atoms with van der Waals surface area (Å²) in [4.78, 5) is 18.0. The molecule has 5 heteroatoms. The predicted octanol–water partition coefficient (Wildman–Crippen LogP) is 2.72. The number of carboxylic acid groups (broad SMARTS) is 1. The Morgan fingerprint density at radius 1 is 1.12 bits per heavy atom. The first-order chi connectivity index (χ1) is 11.5. The number of likely N-dealkylation sites (N-methyl/N-ethyl adjacent to an activating group) is 1. The molecule has 2 fully saturated rings. The third kappa shape index (κ3) is 3.90. The van der Waals surface area contributed by atoms with Crippen molar-refractivity contribution in [2.24, 2.45) is 0 Å². The molecule has 24 heavy (non-hydrogen) atoms. The summed E-state index contributed by atoms with van der Waals surface area (Å²) in [6.45, 7) is 3.01. The Labute approximate surface area is 144 Å². The van der Waals surface area contributed by atoms with Gasteiger partial charge in [-0.2, -0.15) is 0 Å². The number of amides is 1. The lowest BCUT2D eigenvalue weighted by Gasteiger charge is -2.42. The average Bonchev–Trinajstić information content (AvgIpc) is 2.83. The monoisotopic (exact) mass is 331 g/mol. The molecule has 1 aromatic carbocycles. The number of benzene rings is 1. The Morgan fingerprint density at radius 2 is 1.75 bits per heavy atom. The van der Waals surface area contributed by atoms with Gasteiger partial charge >= 0.3 is 6.09 Å². The van der Waals surface area contributed by atoms with E-state index in [9.17, 15) is 9.90 Å². The van der Waals surface area contributed by atoms with Crippen LogP contribution in [0.4, 0.5) is 4.79 Å². The number of piperidine rings is 1. The van der Waals surface area contributed by atoms with Gasteiger partial charge in [-0.25, -0.2) is 4.79 Å². The second-order valence-electron chi connectivity index (χ2n) is 7.46. The molecule has 2 saturated heterocycles. The normalized spacial score (nSPS) is 26.3. The standard InChI is InChI=1S/C19H29N3O2/c1-20(2)10-11-21(14-15-6-4-3-5-7-15)18-12-16-8-9-17(13-18)22(16)19(23)24/h3-7,16-18H,8-14H2,1-2H3,(H,23,24). The third-order valence-electron chi connectivity index (χ3n) is 5.51. The van der Waals surface area contributed by atoms with E-state index in [1.807, 2.05) is 0 Å². The van der Waals surface area contributed by atoms with Crippen molar-refractivity contribution in [2.75, 3.05) is 27.2 Å². The van der Waals surface area contributed by atoms with Crippen LogP contribution in [0.1, 0.15) is 31.2 Å². The van der Waals surface area contributed by atoms with Crippen LogP contribution in [0.3, 0.4) is 0 Å². The van der Waals surface area contributed by atoms with Gasteiger partial charge in [0.1, 0.15) is 0 Å². The van der Waals surface area contributed by atoms with Crippen LogP contribution >= 0.6 is 0 Å². The number of hydrogen-bond acceptors (Lipinski definition) is 3. The number of hydrogen-bond donors (Lipinski definition) is 1. The van der Waals surface area contributed by atoms with Crippen LogP contribution in [0.15, 0.2) is 30.3 Å². The van der Waals surface area contributed by atoms with Crippen LogP contribution in [0.5, 0.6) is 0 Å². The van der Waals surface area contributed by atoms with E-state index >= 15 is 0 Å². The van der Waals surface area contributed by atoms with Gasteiger partial charge in [-0.3, -0.25) is 4.90 Å². The first kappa shape index (κ1) is 17.2. The van der Waals surface area contributed by atoms with Gasteiger partial charge in [0.2, 0.25) is 0 Å². The van der Waals surface area contributed by atoms with E-state index in [0.29, 0.717) is 6.04 Å². The Morgan fingerprint density at radius 3 is 2.29 bits per heavy atom. The Hall–Kier alpha value is -1.59. The van der Waals surface area contributed by atoms with Crippen LogP contribution in [-0.4, -0.2) is 71.2 Å². The molecule has 0 spiro atoms. The topological polar surface area (TPSA) is 47.0 Å². The Balaban J connectivity index is 1.70. The SMILES string of the molecule is CN(C)CCN(Cc1ccccc1)C1CC2CCC(C1)N2C(=O)O. The fourth-order valence-electron chi connectivity index (χ4n) is 4.30. The summed E-state index contributed by atoms with van der Waals surface area (Å²) in [6, 6.07) is 11.5. The average molecular weight is 331 g/mol. The quantitative estimate of drug-likeness (QED) is 0.871. The van der Waals surface area contributed by atoms with Crippen LogP contribution in [0, 0.1) is 0 Å². The lowest BCUT2D eigenvalue weighted by molar-refractivity contribution is 0.0510. The second kappa shape index (κ2) is 7.53. The van der Waals surface area contributed by atoms with Crippen molar-refractivity contribution in [1.29, 1.82) is 0 Å². The second-order valence-corrected chi connectivity index (χ2v) is 7.46. The van der Waals surface area contributed by atoms with Gasteiger partial charge in [0.05, 0.1) is 0 Å². The summed E-state index contributed by atoms with van der Waals surface area (Å²) >= 11 is 0. The minimum atomic E-state index is -0.733. The molecule has 2 aliphatic heterocycles. The number of fused-ring (bicyclic) bond motifs is 2. The van der Waals surface area contributed by atoms with Crippen molar-refractivity contribution in [3.05, 3.63) is 35.9 Å². The van der Waals surface area contributed by atoms with Crippen molar-refractivity contribution in [3.63, 3.8) is 0 Å². The number of rotatable bonds is 6. The molecule has 1 aromatic rings. The number of nitrogens with zero attached hydrogens (tertiary/aromatic N) is 3. The van der Waals surface area contributed by atoms with Crippen molar-refractivity contribution >= 4 is 6.09 Å². The largest absolute Gasteiger partial charge is 0.465 e. The molecule has 0 radical (unpaired) electrons. The van der Waals surface area contributed by atoms with Crippen LogP contribution in [-0.2, 0) is 6.54 Å². The maximum atomic E-state index is 11.5. The molecule has 2 heterocycles. The maximum Gasteiger partial charge on any atom is 0.407 e. The van der Waals surface area contributed by atoms with E-state index in [4.69, 9.17) is 0 Å². The molecule has 1 amide bonds. The zero-order valence-electron chi connectivity index (χ0n) is 14.8. The molecule has 0 aromatic heterocycles. The molecular weight excluding hydrogens is 302 g/mol. The molecule has 2 aliphatic rings. The molecule has 2 unspecified atom stereocenters. The Bertz CT molecular complexity index is 535. The highest BCUT2D eigenvalue weighted by atomic mass is 16.4. The molecule has 3 rings (SSSR count). The summed E-state index contributed by atoms with van der Waals surface area (Å²) in [5.41, 5.74) is 1.34. The smallest absolute Gasteiger partial charge is 0.407 e. The third-order valence-corrected chi connectivity index (χ3v) is 5.51. The maximum absolute atomic E-state index is 11.5. The lowest BCUT2D eigenvalue weighted by atomic mass is 9.95. The molecule has 5 nitrogen and oxygen atoms in total. The van der Waals surface area contributed by atoms with Gasteiger partial charge in [-0.1, -0.05) is 30.3 Å². The van der Waals surface area contributed by atoms with E-state index in [-0.39, 0.29) is 12.1 Å². The number of carbonyl (C=O) groups is 1.